The van der Waals surface area contributed by atoms with Crippen molar-refractivity contribution < 1.29 is 9.53 Å². The van der Waals surface area contributed by atoms with E-state index in [9.17, 15) is 4.79 Å². The fourth-order valence-corrected chi connectivity index (χ4v) is 1.92. The summed E-state index contributed by atoms with van der Waals surface area (Å²) in [7, 11) is 5.55. The molecule has 1 rings (SSSR count). The van der Waals surface area contributed by atoms with Gasteiger partial charge in [0.25, 0.3) is 0 Å². The van der Waals surface area contributed by atoms with E-state index < -0.39 is 5.60 Å². The monoisotopic (exact) mass is 263 g/mol. The summed E-state index contributed by atoms with van der Waals surface area (Å²) < 4.78 is 5.37. The Bertz CT molecular complexity index is 388. The zero-order valence-corrected chi connectivity index (χ0v) is 12.1. The molecule has 1 saturated heterocycles. The largest absolute Gasteiger partial charge is 0.444 e. The molecule has 0 saturated carbocycles. The number of carbonyl (C=O) groups excluding carboxylic acids is 1. The third-order valence-corrected chi connectivity index (χ3v) is 2.81. The van der Waals surface area contributed by atoms with Crippen molar-refractivity contribution in [2.24, 2.45) is 10.7 Å². The summed E-state index contributed by atoms with van der Waals surface area (Å²) >= 11 is 0. The van der Waals surface area contributed by atoms with Gasteiger partial charge in [0, 0.05) is 18.8 Å². The number of amides is 1. The summed E-state index contributed by atoms with van der Waals surface area (Å²) in [6.45, 7) is 8.10. The SMILES string of the molecule is [B]/C(C=N[C@H]1C[C@@H](C)N(C(=O)OC(C)(C)C)C1)=C/N. The van der Waals surface area contributed by atoms with Gasteiger partial charge in [-0.25, -0.2) is 4.79 Å². The van der Waals surface area contributed by atoms with Crippen molar-refractivity contribution in [1.29, 1.82) is 0 Å². The van der Waals surface area contributed by atoms with Gasteiger partial charge < -0.3 is 15.4 Å². The van der Waals surface area contributed by atoms with Crippen LogP contribution >= 0.6 is 0 Å². The summed E-state index contributed by atoms with van der Waals surface area (Å²) in [5.41, 5.74) is 5.20. The molecule has 1 aliphatic heterocycles. The van der Waals surface area contributed by atoms with E-state index in [1.807, 2.05) is 27.7 Å². The van der Waals surface area contributed by atoms with E-state index in [1.54, 1.807) is 4.90 Å². The van der Waals surface area contributed by atoms with Gasteiger partial charge in [-0.2, -0.15) is 0 Å². The lowest BCUT2D eigenvalue weighted by Gasteiger charge is -2.26. The molecule has 0 bridgehead atoms. The molecule has 1 aliphatic rings. The number of aliphatic imine (C=N–C) groups is 1. The average Bonchev–Trinajstić information content (AvgIpc) is 2.65. The zero-order chi connectivity index (χ0) is 14.6. The lowest BCUT2D eigenvalue weighted by Crippen LogP contribution is -2.39. The molecule has 5 nitrogen and oxygen atoms in total. The summed E-state index contributed by atoms with van der Waals surface area (Å²) in [4.78, 5) is 18.0. The van der Waals surface area contributed by atoms with Crippen molar-refractivity contribution in [1.82, 2.24) is 4.90 Å². The summed E-state index contributed by atoms with van der Waals surface area (Å²) in [5, 5.41) is 0. The minimum Gasteiger partial charge on any atom is -0.444 e. The van der Waals surface area contributed by atoms with Crippen molar-refractivity contribution in [3.63, 3.8) is 0 Å². The highest BCUT2D eigenvalue weighted by molar-refractivity contribution is 6.32. The van der Waals surface area contributed by atoms with Gasteiger partial charge in [-0.3, -0.25) is 4.99 Å². The van der Waals surface area contributed by atoms with Crippen LogP contribution in [0.1, 0.15) is 34.1 Å². The molecule has 2 N–H and O–H groups in total. The third-order valence-electron chi connectivity index (χ3n) is 2.81. The van der Waals surface area contributed by atoms with Crippen LogP contribution in [0, 0.1) is 0 Å². The smallest absolute Gasteiger partial charge is 0.410 e. The second kappa shape index (κ2) is 6.13. The Labute approximate surface area is 116 Å². The normalized spacial score (nSPS) is 25.1. The van der Waals surface area contributed by atoms with Crippen LogP contribution in [0.4, 0.5) is 4.79 Å². The molecule has 0 aromatic carbocycles. The van der Waals surface area contributed by atoms with Crippen LogP contribution in [0.3, 0.4) is 0 Å². The maximum atomic E-state index is 12.0. The maximum absolute atomic E-state index is 12.0. The van der Waals surface area contributed by atoms with E-state index in [1.165, 1.54) is 12.4 Å². The quantitative estimate of drug-likeness (QED) is 0.605. The van der Waals surface area contributed by atoms with E-state index in [4.69, 9.17) is 18.3 Å². The summed E-state index contributed by atoms with van der Waals surface area (Å²) in [6, 6.07) is 0.154. The van der Waals surface area contributed by atoms with Gasteiger partial charge in [0.05, 0.1) is 6.04 Å². The summed E-state index contributed by atoms with van der Waals surface area (Å²) in [6.07, 6.45) is 3.34. The first-order chi connectivity index (χ1) is 8.73. The Morgan fingerprint density at radius 3 is 2.68 bits per heavy atom. The lowest BCUT2D eigenvalue weighted by molar-refractivity contribution is 0.0237. The number of hydrogen-bond donors (Lipinski definition) is 1. The molecule has 0 aromatic rings. The molecular weight excluding hydrogens is 241 g/mol. The van der Waals surface area contributed by atoms with Crippen LogP contribution in [-0.4, -0.2) is 49.3 Å². The van der Waals surface area contributed by atoms with Gasteiger partial charge in [-0.1, -0.05) is 5.47 Å². The first kappa shape index (κ1) is 15.6. The molecule has 2 atom stereocenters. The maximum Gasteiger partial charge on any atom is 0.410 e. The second-order valence-electron chi connectivity index (χ2n) is 5.82. The predicted octanol–water partition coefficient (Wildman–Crippen LogP) is 1.42. The fraction of sp³-hybridized carbons (Fsp3) is 0.692. The Morgan fingerprint density at radius 1 is 1.53 bits per heavy atom. The van der Waals surface area contributed by atoms with Gasteiger partial charge in [-0.15, -0.1) is 0 Å². The summed E-state index contributed by atoms with van der Waals surface area (Å²) in [5.74, 6) is 0. The number of hydrogen-bond acceptors (Lipinski definition) is 4. The zero-order valence-electron chi connectivity index (χ0n) is 12.1. The van der Waals surface area contributed by atoms with Crippen LogP contribution in [-0.2, 0) is 4.74 Å². The highest BCUT2D eigenvalue weighted by Crippen LogP contribution is 2.22. The van der Waals surface area contributed by atoms with Crippen molar-refractivity contribution in [3.05, 3.63) is 11.7 Å². The highest BCUT2D eigenvalue weighted by atomic mass is 16.6. The second-order valence-corrected chi connectivity index (χ2v) is 5.82. The molecule has 19 heavy (non-hydrogen) atoms. The van der Waals surface area contributed by atoms with Crippen molar-refractivity contribution in [3.8, 4) is 0 Å². The Kier molecular flexibility index (Phi) is 5.03. The predicted molar refractivity (Wildman–Crippen MR) is 77.3 cm³/mol. The van der Waals surface area contributed by atoms with Crippen LogP contribution in [0.25, 0.3) is 0 Å². The van der Waals surface area contributed by atoms with E-state index in [2.05, 4.69) is 4.99 Å². The van der Waals surface area contributed by atoms with Gasteiger partial charge in [0.15, 0.2) is 0 Å². The van der Waals surface area contributed by atoms with Gasteiger partial charge in [-0.05, 0) is 40.3 Å². The molecule has 104 valence electrons. The van der Waals surface area contributed by atoms with Gasteiger partial charge in [0.1, 0.15) is 13.4 Å². The molecule has 1 heterocycles. The van der Waals surface area contributed by atoms with Gasteiger partial charge >= 0.3 is 6.09 Å². The number of ether oxygens (including phenoxy) is 1. The number of nitrogens with zero attached hydrogens (tertiary/aromatic N) is 2. The average molecular weight is 263 g/mol. The minimum atomic E-state index is -0.481. The molecule has 1 amide bonds. The Hall–Kier alpha value is -1.46. The molecule has 0 aromatic heterocycles. The van der Waals surface area contributed by atoms with Crippen LogP contribution < -0.4 is 5.73 Å². The molecule has 6 heteroatoms. The standard InChI is InChI=1S/C13H22BN3O2/c1-9-5-11(16-7-10(14)6-15)8-17(9)12(18)19-13(2,3)4/h6-7,9,11H,5,8,15H2,1-4H3/b10-6+,16-7?/t9-,11+/m1/s1. The fourth-order valence-electron chi connectivity index (χ4n) is 1.92. The van der Waals surface area contributed by atoms with Gasteiger partial charge in [0.2, 0.25) is 0 Å². The molecule has 2 radical (unpaired) electrons. The van der Waals surface area contributed by atoms with Crippen molar-refractivity contribution in [2.75, 3.05) is 6.54 Å². The van der Waals surface area contributed by atoms with Crippen LogP contribution in [0.2, 0.25) is 0 Å². The van der Waals surface area contributed by atoms with Crippen LogP contribution in [0.15, 0.2) is 16.7 Å². The number of allylic oxidation sites excluding steroid dienone is 1. The highest BCUT2D eigenvalue weighted by Gasteiger charge is 2.34. The first-order valence-corrected chi connectivity index (χ1v) is 6.43. The first-order valence-electron chi connectivity index (χ1n) is 6.43. The molecule has 0 aliphatic carbocycles. The molecular formula is C13H22BN3O2. The minimum absolute atomic E-state index is 0.0426. The number of likely N-dealkylation sites (tertiary alicyclic amines) is 1. The van der Waals surface area contributed by atoms with E-state index in [0.717, 1.165) is 6.42 Å². The number of carbonyl (C=O) groups is 1. The van der Waals surface area contributed by atoms with E-state index in [0.29, 0.717) is 12.0 Å². The third kappa shape index (κ3) is 4.97. The van der Waals surface area contributed by atoms with Crippen molar-refractivity contribution >= 4 is 20.2 Å². The van der Waals surface area contributed by atoms with E-state index >= 15 is 0 Å². The molecule has 0 spiro atoms. The van der Waals surface area contributed by atoms with E-state index in [-0.39, 0.29) is 18.2 Å². The topological polar surface area (TPSA) is 67.9 Å². The number of nitrogens with two attached hydrogens (primary N) is 1. The molecule has 0 unspecified atom stereocenters. The Balaban J connectivity index is 2.60. The Morgan fingerprint density at radius 2 is 2.16 bits per heavy atom. The number of rotatable bonds is 2. The lowest BCUT2D eigenvalue weighted by atomic mass is 9.98. The molecule has 1 fully saturated rings. The van der Waals surface area contributed by atoms with Crippen molar-refractivity contribution in [2.45, 2.75) is 51.8 Å². The van der Waals surface area contributed by atoms with Crippen LogP contribution in [0.5, 0.6) is 0 Å².